The van der Waals surface area contributed by atoms with Gasteiger partial charge in [-0.05, 0) is 20.2 Å². The van der Waals surface area contributed by atoms with Crippen molar-refractivity contribution in [3.8, 4) is 0 Å². The summed E-state index contributed by atoms with van der Waals surface area (Å²) in [5.74, 6) is 1.15. The lowest BCUT2D eigenvalue weighted by molar-refractivity contribution is -0.123. The zero-order chi connectivity index (χ0) is 10.3. The Kier molecular flexibility index (Phi) is 11.3. The Morgan fingerprint density at radius 1 is 1.43 bits per heavy atom. The average Bonchev–Trinajstić information content (AvgIpc) is 2.13. The van der Waals surface area contributed by atoms with Crippen LogP contribution >= 0.6 is 24.2 Å². The minimum Gasteiger partial charge on any atom is -0.354 e. The Hall–Kier alpha value is 0.0700. The van der Waals surface area contributed by atoms with Crippen molar-refractivity contribution in [1.82, 2.24) is 10.6 Å². The van der Waals surface area contributed by atoms with Gasteiger partial charge in [-0.2, -0.15) is 11.8 Å². The smallest absolute Gasteiger partial charge is 0.223 e. The van der Waals surface area contributed by atoms with Gasteiger partial charge >= 0.3 is 0 Å². The van der Waals surface area contributed by atoms with Crippen LogP contribution in [0.2, 0.25) is 0 Å². The number of amides is 1. The molecular weight excluding hydrogens is 220 g/mol. The molecule has 0 aliphatic carbocycles. The Morgan fingerprint density at radius 3 is 2.43 bits per heavy atom. The van der Waals surface area contributed by atoms with Crippen molar-refractivity contribution in [2.24, 2.45) is 5.92 Å². The van der Waals surface area contributed by atoms with Crippen molar-refractivity contribution in [2.45, 2.75) is 19.9 Å². The summed E-state index contributed by atoms with van der Waals surface area (Å²) in [4.78, 5) is 11.4. The fourth-order valence-electron chi connectivity index (χ4n) is 0.856. The van der Waals surface area contributed by atoms with E-state index >= 15 is 0 Å². The van der Waals surface area contributed by atoms with E-state index < -0.39 is 0 Å². The SMILES string of the molecule is CNC(C)CNC(=O)C(C)CSC.Cl. The molecule has 2 atom stereocenters. The molecule has 0 saturated carbocycles. The Morgan fingerprint density at radius 2 is 2.00 bits per heavy atom. The van der Waals surface area contributed by atoms with Crippen molar-refractivity contribution in [3.63, 3.8) is 0 Å². The van der Waals surface area contributed by atoms with E-state index in [1.807, 2.05) is 27.2 Å². The number of likely N-dealkylation sites (N-methyl/N-ethyl adjacent to an activating group) is 1. The molecule has 0 heterocycles. The molecule has 5 heteroatoms. The monoisotopic (exact) mass is 240 g/mol. The van der Waals surface area contributed by atoms with Gasteiger partial charge in [-0.15, -0.1) is 12.4 Å². The number of halogens is 1. The van der Waals surface area contributed by atoms with Gasteiger partial charge in [0, 0.05) is 24.3 Å². The summed E-state index contributed by atoms with van der Waals surface area (Å²) in [6.45, 7) is 4.70. The standard InChI is InChI=1S/C9H20N2OS.ClH/c1-7(6-13-4)9(12)11-5-8(2)10-3;/h7-8,10H,5-6H2,1-4H3,(H,11,12);1H. The van der Waals surface area contributed by atoms with E-state index in [2.05, 4.69) is 10.6 Å². The highest BCUT2D eigenvalue weighted by molar-refractivity contribution is 7.98. The quantitative estimate of drug-likeness (QED) is 0.732. The number of carbonyl (C=O) groups is 1. The fraction of sp³-hybridized carbons (Fsp3) is 0.889. The summed E-state index contributed by atoms with van der Waals surface area (Å²) < 4.78 is 0. The molecule has 2 unspecified atom stereocenters. The summed E-state index contributed by atoms with van der Waals surface area (Å²) in [6.07, 6.45) is 2.01. The number of thioether (sulfide) groups is 1. The lowest BCUT2D eigenvalue weighted by atomic mass is 10.2. The van der Waals surface area contributed by atoms with Gasteiger partial charge in [0.15, 0.2) is 0 Å². The molecule has 0 aliphatic rings. The van der Waals surface area contributed by atoms with E-state index in [0.29, 0.717) is 12.6 Å². The van der Waals surface area contributed by atoms with Crippen LogP contribution < -0.4 is 10.6 Å². The zero-order valence-electron chi connectivity index (χ0n) is 9.29. The van der Waals surface area contributed by atoms with E-state index in [1.165, 1.54) is 0 Å². The first-order chi connectivity index (χ1) is 6.11. The molecule has 0 aromatic carbocycles. The summed E-state index contributed by atoms with van der Waals surface area (Å²) in [7, 11) is 1.89. The second kappa shape index (κ2) is 9.62. The molecule has 0 aromatic rings. The minimum atomic E-state index is 0. The molecular formula is C9H21ClN2OS. The van der Waals surface area contributed by atoms with Gasteiger partial charge in [0.25, 0.3) is 0 Å². The Balaban J connectivity index is 0. The molecule has 3 nitrogen and oxygen atoms in total. The van der Waals surface area contributed by atoms with E-state index in [0.717, 1.165) is 5.75 Å². The number of carbonyl (C=O) groups excluding carboxylic acids is 1. The predicted octanol–water partition coefficient (Wildman–Crippen LogP) is 1.13. The molecule has 2 N–H and O–H groups in total. The maximum absolute atomic E-state index is 11.4. The molecule has 0 radical (unpaired) electrons. The highest BCUT2D eigenvalue weighted by Gasteiger charge is 2.11. The lowest BCUT2D eigenvalue weighted by Crippen LogP contribution is -2.39. The van der Waals surface area contributed by atoms with Crippen LogP contribution in [0, 0.1) is 5.92 Å². The second-order valence-electron chi connectivity index (χ2n) is 3.29. The van der Waals surface area contributed by atoms with Gasteiger partial charge in [0.2, 0.25) is 5.91 Å². The summed E-state index contributed by atoms with van der Waals surface area (Å²) >= 11 is 1.70. The van der Waals surface area contributed by atoms with Gasteiger partial charge in [0.05, 0.1) is 0 Å². The minimum absolute atomic E-state index is 0. The molecule has 0 rings (SSSR count). The normalized spacial score (nSPS) is 14.0. The highest BCUT2D eigenvalue weighted by Crippen LogP contribution is 2.03. The van der Waals surface area contributed by atoms with Crippen LogP contribution in [0.4, 0.5) is 0 Å². The molecule has 1 amide bonds. The van der Waals surface area contributed by atoms with E-state index in [9.17, 15) is 4.79 Å². The fourth-order valence-corrected chi connectivity index (χ4v) is 1.51. The van der Waals surface area contributed by atoms with Gasteiger partial charge in [-0.25, -0.2) is 0 Å². The number of nitrogens with one attached hydrogen (secondary N) is 2. The Bertz CT molecular complexity index is 158. The van der Waals surface area contributed by atoms with Crippen molar-refractivity contribution >= 4 is 30.1 Å². The molecule has 0 aliphatic heterocycles. The van der Waals surface area contributed by atoms with Crippen molar-refractivity contribution in [1.29, 1.82) is 0 Å². The predicted molar refractivity (Wildman–Crippen MR) is 66.3 cm³/mol. The van der Waals surface area contributed by atoms with Gasteiger partial charge < -0.3 is 10.6 Å². The lowest BCUT2D eigenvalue weighted by Gasteiger charge is -2.14. The average molecular weight is 241 g/mol. The van der Waals surface area contributed by atoms with Crippen LogP contribution in [0.15, 0.2) is 0 Å². The van der Waals surface area contributed by atoms with Gasteiger partial charge in [-0.3, -0.25) is 4.79 Å². The molecule has 14 heavy (non-hydrogen) atoms. The maximum atomic E-state index is 11.4. The largest absolute Gasteiger partial charge is 0.354 e. The molecule has 0 aromatic heterocycles. The van der Waals surface area contributed by atoms with Gasteiger partial charge in [-0.1, -0.05) is 6.92 Å². The summed E-state index contributed by atoms with van der Waals surface area (Å²) in [5, 5.41) is 5.97. The zero-order valence-corrected chi connectivity index (χ0v) is 10.9. The van der Waals surface area contributed by atoms with E-state index in [1.54, 1.807) is 11.8 Å². The first-order valence-corrected chi connectivity index (χ1v) is 5.95. The van der Waals surface area contributed by atoms with Crippen molar-refractivity contribution < 1.29 is 4.79 Å². The van der Waals surface area contributed by atoms with Gasteiger partial charge in [0.1, 0.15) is 0 Å². The first kappa shape index (κ1) is 16.5. The highest BCUT2D eigenvalue weighted by atomic mass is 35.5. The molecule has 0 bridgehead atoms. The number of hydrogen-bond donors (Lipinski definition) is 2. The van der Waals surface area contributed by atoms with Crippen LogP contribution in [0.25, 0.3) is 0 Å². The van der Waals surface area contributed by atoms with E-state index in [-0.39, 0.29) is 24.2 Å². The summed E-state index contributed by atoms with van der Waals surface area (Å²) in [6, 6.07) is 0.338. The van der Waals surface area contributed by atoms with E-state index in [4.69, 9.17) is 0 Å². The molecule has 0 fully saturated rings. The summed E-state index contributed by atoms with van der Waals surface area (Å²) in [5.41, 5.74) is 0. The van der Waals surface area contributed by atoms with Crippen LogP contribution in [0.3, 0.4) is 0 Å². The Labute approximate surface area is 97.2 Å². The van der Waals surface area contributed by atoms with Crippen molar-refractivity contribution in [2.75, 3.05) is 25.6 Å². The third-order valence-corrected chi connectivity index (χ3v) is 2.77. The van der Waals surface area contributed by atoms with Crippen LogP contribution in [-0.4, -0.2) is 37.6 Å². The third-order valence-electron chi connectivity index (χ3n) is 1.94. The third kappa shape index (κ3) is 7.47. The van der Waals surface area contributed by atoms with Crippen LogP contribution in [0.5, 0.6) is 0 Å². The number of rotatable bonds is 6. The molecule has 0 spiro atoms. The second-order valence-corrected chi connectivity index (χ2v) is 4.20. The molecule has 86 valence electrons. The van der Waals surface area contributed by atoms with Crippen molar-refractivity contribution in [3.05, 3.63) is 0 Å². The maximum Gasteiger partial charge on any atom is 0.223 e. The first-order valence-electron chi connectivity index (χ1n) is 4.55. The topological polar surface area (TPSA) is 41.1 Å². The van der Waals surface area contributed by atoms with Crippen LogP contribution in [0.1, 0.15) is 13.8 Å². The van der Waals surface area contributed by atoms with Crippen LogP contribution in [-0.2, 0) is 4.79 Å². The number of hydrogen-bond acceptors (Lipinski definition) is 3. The molecule has 0 saturated heterocycles.